The number of rotatable bonds is 3. The summed E-state index contributed by atoms with van der Waals surface area (Å²) in [5, 5.41) is 3.48. The predicted octanol–water partition coefficient (Wildman–Crippen LogP) is 4.09. The minimum absolute atomic E-state index is 0.0763. The van der Waals surface area contributed by atoms with Crippen LogP contribution in [0.15, 0.2) is 53.5 Å². The van der Waals surface area contributed by atoms with E-state index in [9.17, 15) is 9.59 Å². The van der Waals surface area contributed by atoms with Gasteiger partial charge in [0.2, 0.25) is 0 Å². The van der Waals surface area contributed by atoms with E-state index in [0.29, 0.717) is 30.0 Å². The summed E-state index contributed by atoms with van der Waals surface area (Å²) >= 11 is 0. The molecule has 3 aromatic rings. The standard InChI is InChI=1S/C24H28N4O3/c1-16-21(22(29)28-13-6-5-7-20(28)25-16)17-8-10-18(11-9-17)26-19-12-14-27(15-19)23(30)31-24(2,3)4/h5-11,13,19,26H,12,14-15H2,1-4H3. The molecule has 0 aliphatic carbocycles. The number of carbonyl (C=O) groups excluding carboxylic acids is 1. The van der Waals surface area contributed by atoms with Crippen molar-refractivity contribution in [2.24, 2.45) is 0 Å². The first-order chi connectivity index (χ1) is 14.7. The minimum Gasteiger partial charge on any atom is -0.444 e. The summed E-state index contributed by atoms with van der Waals surface area (Å²) in [6.45, 7) is 8.75. The average Bonchev–Trinajstić information content (AvgIpc) is 3.17. The first-order valence-electron chi connectivity index (χ1n) is 10.5. The number of hydrogen-bond acceptors (Lipinski definition) is 5. The zero-order valence-corrected chi connectivity index (χ0v) is 18.4. The van der Waals surface area contributed by atoms with Gasteiger partial charge in [-0.3, -0.25) is 9.20 Å². The number of anilines is 1. The fraction of sp³-hybridized carbons (Fsp3) is 0.375. The van der Waals surface area contributed by atoms with Crippen LogP contribution in [0, 0.1) is 6.92 Å². The van der Waals surface area contributed by atoms with E-state index in [1.54, 1.807) is 15.5 Å². The summed E-state index contributed by atoms with van der Waals surface area (Å²) in [5.41, 5.74) is 3.17. The lowest BCUT2D eigenvalue weighted by Crippen LogP contribution is -2.36. The van der Waals surface area contributed by atoms with E-state index in [0.717, 1.165) is 17.7 Å². The highest BCUT2D eigenvalue weighted by molar-refractivity contribution is 5.70. The molecule has 7 nitrogen and oxygen atoms in total. The first kappa shape index (κ1) is 20.9. The number of pyridine rings is 1. The van der Waals surface area contributed by atoms with Gasteiger partial charge in [-0.2, -0.15) is 0 Å². The van der Waals surface area contributed by atoms with Gasteiger partial charge in [-0.1, -0.05) is 18.2 Å². The lowest BCUT2D eigenvalue weighted by atomic mass is 10.0. The van der Waals surface area contributed by atoms with Crippen LogP contribution in [0.1, 0.15) is 32.9 Å². The van der Waals surface area contributed by atoms with Gasteiger partial charge in [0, 0.05) is 31.0 Å². The average molecular weight is 421 g/mol. The van der Waals surface area contributed by atoms with E-state index in [4.69, 9.17) is 4.74 Å². The SMILES string of the molecule is Cc1nc2ccccn2c(=O)c1-c1ccc(NC2CCN(C(=O)OC(C)(C)C)C2)cc1. The van der Waals surface area contributed by atoms with Crippen molar-refractivity contribution in [1.82, 2.24) is 14.3 Å². The first-order valence-corrected chi connectivity index (χ1v) is 10.5. The summed E-state index contributed by atoms with van der Waals surface area (Å²) < 4.78 is 7.03. The number of aromatic nitrogens is 2. The quantitative estimate of drug-likeness (QED) is 0.691. The molecular weight excluding hydrogens is 392 g/mol. The third-order valence-corrected chi connectivity index (χ3v) is 5.30. The minimum atomic E-state index is -0.493. The van der Waals surface area contributed by atoms with Crippen LogP contribution in [0.4, 0.5) is 10.5 Å². The topological polar surface area (TPSA) is 75.9 Å². The van der Waals surface area contributed by atoms with Gasteiger partial charge in [0.25, 0.3) is 5.56 Å². The van der Waals surface area contributed by atoms with Gasteiger partial charge in [-0.05, 0) is 63.9 Å². The van der Waals surface area contributed by atoms with Crippen molar-refractivity contribution in [2.75, 3.05) is 18.4 Å². The molecule has 1 fully saturated rings. The number of hydrogen-bond donors (Lipinski definition) is 1. The van der Waals surface area contributed by atoms with Crippen LogP contribution in [0.3, 0.4) is 0 Å². The zero-order chi connectivity index (χ0) is 22.2. The van der Waals surface area contributed by atoms with E-state index in [-0.39, 0.29) is 17.7 Å². The summed E-state index contributed by atoms with van der Waals surface area (Å²) in [6, 6.07) is 13.5. The van der Waals surface area contributed by atoms with Crippen molar-refractivity contribution < 1.29 is 9.53 Å². The second-order valence-corrected chi connectivity index (χ2v) is 8.94. The van der Waals surface area contributed by atoms with Crippen LogP contribution in [-0.4, -0.2) is 45.1 Å². The van der Waals surface area contributed by atoms with E-state index in [1.807, 2.05) is 70.2 Å². The Hall–Kier alpha value is -3.35. The summed E-state index contributed by atoms with van der Waals surface area (Å²) in [7, 11) is 0. The molecule has 1 N–H and O–H groups in total. The highest BCUT2D eigenvalue weighted by Crippen LogP contribution is 2.23. The number of fused-ring (bicyclic) bond motifs is 1. The van der Waals surface area contributed by atoms with Gasteiger partial charge in [0.1, 0.15) is 11.2 Å². The molecule has 1 aromatic carbocycles. The third-order valence-electron chi connectivity index (χ3n) is 5.30. The number of likely N-dealkylation sites (tertiary alicyclic amines) is 1. The maximum Gasteiger partial charge on any atom is 0.410 e. The molecule has 0 bridgehead atoms. The molecule has 1 saturated heterocycles. The molecular formula is C24H28N4O3. The molecule has 1 aliphatic rings. The second-order valence-electron chi connectivity index (χ2n) is 8.94. The molecule has 0 spiro atoms. The van der Waals surface area contributed by atoms with Gasteiger partial charge in [0.15, 0.2) is 0 Å². The normalized spacial score (nSPS) is 16.5. The Kier molecular flexibility index (Phi) is 5.43. The molecule has 2 aromatic heterocycles. The van der Waals surface area contributed by atoms with Crippen molar-refractivity contribution in [1.29, 1.82) is 0 Å². The Morgan fingerprint density at radius 1 is 1.16 bits per heavy atom. The van der Waals surface area contributed by atoms with Crippen molar-refractivity contribution in [3.05, 3.63) is 64.7 Å². The van der Waals surface area contributed by atoms with Crippen LogP contribution in [0.25, 0.3) is 16.8 Å². The number of carbonyl (C=O) groups is 1. The number of aryl methyl sites for hydroxylation is 1. The monoisotopic (exact) mass is 420 g/mol. The molecule has 1 aliphatic heterocycles. The Bertz CT molecular complexity index is 1160. The molecule has 31 heavy (non-hydrogen) atoms. The van der Waals surface area contributed by atoms with Crippen molar-refractivity contribution in [3.8, 4) is 11.1 Å². The van der Waals surface area contributed by atoms with E-state index in [1.165, 1.54) is 0 Å². The van der Waals surface area contributed by atoms with Crippen molar-refractivity contribution in [2.45, 2.75) is 45.8 Å². The summed E-state index contributed by atoms with van der Waals surface area (Å²) in [4.78, 5) is 31.5. The van der Waals surface area contributed by atoms with E-state index >= 15 is 0 Å². The van der Waals surface area contributed by atoms with Gasteiger partial charge in [-0.25, -0.2) is 9.78 Å². The van der Waals surface area contributed by atoms with Crippen LogP contribution in [-0.2, 0) is 4.74 Å². The molecule has 1 unspecified atom stereocenters. The number of nitrogens with zero attached hydrogens (tertiary/aromatic N) is 3. The molecule has 0 saturated carbocycles. The fourth-order valence-electron chi connectivity index (χ4n) is 3.87. The number of ether oxygens (including phenoxy) is 1. The Balaban J connectivity index is 1.47. The molecule has 162 valence electrons. The second kappa shape index (κ2) is 8.06. The van der Waals surface area contributed by atoms with Gasteiger partial charge in [-0.15, -0.1) is 0 Å². The summed E-state index contributed by atoms with van der Waals surface area (Å²) in [5.74, 6) is 0. The number of amides is 1. The Morgan fingerprint density at radius 2 is 1.90 bits per heavy atom. The Labute approximate surface area is 181 Å². The molecule has 7 heteroatoms. The van der Waals surface area contributed by atoms with E-state index < -0.39 is 5.60 Å². The molecule has 1 amide bonds. The lowest BCUT2D eigenvalue weighted by Gasteiger charge is -2.24. The third kappa shape index (κ3) is 4.55. The highest BCUT2D eigenvalue weighted by atomic mass is 16.6. The van der Waals surface area contributed by atoms with E-state index in [2.05, 4.69) is 10.3 Å². The molecule has 3 heterocycles. The van der Waals surface area contributed by atoms with Crippen LogP contribution in [0.5, 0.6) is 0 Å². The molecule has 0 radical (unpaired) electrons. The fourth-order valence-corrected chi connectivity index (χ4v) is 3.87. The van der Waals surface area contributed by atoms with Gasteiger partial charge in [0.05, 0.1) is 11.3 Å². The lowest BCUT2D eigenvalue weighted by molar-refractivity contribution is 0.0293. The van der Waals surface area contributed by atoms with Crippen molar-refractivity contribution >= 4 is 17.4 Å². The van der Waals surface area contributed by atoms with Crippen LogP contribution >= 0.6 is 0 Å². The summed E-state index contributed by atoms with van der Waals surface area (Å²) in [6.07, 6.45) is 2.32. The largest absolute Gasteiger partial charge is 0.444 e. The maximum absolute atomic E-state index is 13.0. The van der Waals surface area contributed by atoms with Gasteiger partial charge >= 0.3 is 6.09 Å². The highest BCUT2D eigenvalue weighted by Gasteiger charge is 2.29. The van der Waals surface area contributed by atoms with Crippen molar-refractivity contribution in [3.63, 3.8) is 0 Å². The number of benzene rings is 1. The maximum atomic E-state index is 13.0. The van der Waals surface area contributed by atoms with Crippen LogP contribution in [0.2, 0.25) is 0 Å². The zero-order valence-electron chi connectivity index (χ0n) is 18.4. The molecule has 1 atom stereocenters. The van der Waals surface area contributed by atoms with Gasteiger partial charge < -0.3 is 15.0 Å². The Morgan fingerprint density at radius 3 is 2.61 bits per heavy atom. The number of nitrogens with one attached hydrogen (secondary N) is 1. The van der Waals surface area contributed by atoms with Crippen LogP contribution < -0.4 is 10.9 Å². The molecule has 4 rings (SSSR count). The predicted molar refractivity (Wildman–Crippen MR) is 121 cm³/mol. The smallest absolute Gasteiger partial charge is 0.410 e.